The minimum absolute atomic E-state index is 0.761. The molecule has 0 aliphatic carbocycles. The third-order valence-corrected chi connectivity index (χ3v) is 3.20. The third-order valence-electron chi connectivity index (χ3n) is 1.93. The Hall–Kier alpha value is -1.12. The highest BCUT2D eigenvalue weighted by atomic mass is 35.5. The van der Waals surface area contributed by atoms with Gasteiger partial charge in [0.05, 0.1) is 0 Å². The summed E-state index contributed by atoms with van der Waals surface area (Å²) in [5.74, 6) is 0. The van der Waals surface area contributed by atoms with Gasteiger partial charge in [0.1, 0.15) is 0 Å². The molecule has 2 N–H and O–H groups in total. The molecule has 0 radical (unpaired) electrons. The van der Waals surface area contributed by atoms with Gasteiger partial charge in [0.2, 0.25) is 0 Å². The van der Waals surface area contributed by atoms with Crippen molar-refractivity contribution in [3.8, 4) is 0 Å². The van der Waals surface area contributed by atoms with Crippen molar-refractivity contribution in [2.24, 2.45) is 0 Å². The number of nitrogens with two attached hydrogens (primary N) is 1. The molecule has 76 valence electrons. The van der Waals surface area contributed by atoms with Gasteiger partial charge < -0.3 is 5.73 Å². The summed E-state index contributed by atoms with van der Waals surface area (Å²) in [7, 11) is 0. The van der Waals surface area contributed by atoms with Crippen molar-refractivity contribution < 1.29 is 0 Å². The van der Waals surface area contributed by atoms with Crippen LogP contribution in [0.3, 0.4) is 0 Å². The van der Waals surface area contributed by atoms with E-state index in [1.165, 1.54) is 9.79 Å². The fraction of sp³-hybridized carbons (Fsp3) is 0. The van der Waals surface area contributed by atoms with E-state index in [1.807, 2.05) is 48.5 Å². The molecule has 0 spiro atoms. The van der Waals surface area contributed by atoms with Gasteiger partial charge in [0.25, 0.3) is 0 Å². The Kier molecular flexibility index (Phi) is 3.19. The van der Waals surface area contributed by atoms with Crippen molar-refractivity contribution in [3.63, 3.8) is 0 Å². The van der Waals surface area contributed by atoms with Crippen LogP contribution in [0.15, 0.2) is 58.3 Å². The summed E-state index contributed by atoms with van der Waals surface area (Å²) in [6.45, 7) is 0. The number of halogens is 1. The van der Waals surface area contributed by atoms with Gasteiger partial charge in [0, 0.05) is 20.5 Å². The zero-order valence-electron chi connectivity index (χ0n) is 7.98. The fourth-order valence-electron chi connectivity index (χ4n) is 1.17. The minimum atomic E-state index is 0.761. The highest BCUT2D eigenvalue weighted by molar-refractivity contribution is 7.99. The molecular weight excluding hydrogens is 226 g/mol. The van der Waals surface area contributed by atoms with Gasteiger partial charge in [-0.05, 0) is 48.5 Å². The zero-order chi connectivity index (χ0) is 10.7. The Labute approximate surface area is 98.3 Å². The van der Waals surface area contributed by atoms with Gasteiger partial charge in [0.15, 0.2) is 0 Å². The van der Waals surface area contributed by atoms with Crippen LogP contribution in [-0.2, 0) is 0 Å². The monoisotopic (exact) mass is 235 g/mol. The molecular formula is C12H10ClNS. The van der Waals surface area contributed by atoms with Gasteiger partial charge in [-0.2, -0.15) is 0 Å². The number of rotatable bonds is 2. The van der Waals surface area contributed by atoms with Crippen molar-refractivity contribution >= 4 is 29.1 Å². The first-order valence-corrected chi connectivity index (χ1v) is 5.72. The summed E-state index contributed by atoms with van der Waals surface area (Å²) >= 11 is 7.50. The van der Waals surface area contributed by atoms with Crippen LogP contribution < -0.4 is 5.73 Å². The summed E-state index contributed by atoms with van der Waals surface area (Å²) in [4.78, 5) is 2.34. The maximum absolute atomic E-state index is 5.81. The maximum atomic E-state index is 5.81. The van der Waals surface area contributed by atoms with Gasteiger partial charge in [-0.3, -0.25) is 0 Å². The third kappa shape index (κ3) is 2.91. The van der Waals surface area contributed by atoms with Gasteiger partial charge in [-0.15, -0.1) is 0 Å². The maximum Gasteiger partial charge on any atom is 0.0406 e. The van der Waals surface area contributed by atoms with Gasteiger partial charge in [-0.1, -0.05) is 23.4 Å². The second-order valence-corrected chi connectivity index (χ2v) is 4.71. The second kappa shape index (κ2) is 4.60. The number of nitrogen functional groups attached to an aromatic ring is 1. The van der Waals surface area contributed by atoms with E-state index in [1.54, 1.807) is 11.8 Å². The van der Waals surface area contributed by atoms with E-state index < -0.39 is 0 Å². The van der Waals surface area contributed by atoms with E-state index in [9.17, 15) is 0 Å². The molecule has 2 aromatic rings. The van der Waals surface area contributed by atoms with Gasteiger partial charge >= 0.3 is 0 Å². The first-order chi connectivity index (χ1) is 7.24. The molecule has 0 bridgehead atoms. The average Bonchev–Trinajstić information content (AvgIpc) is 2.25. The predicted molar refractivity (Wildman–Crippen MR) is 66.4 cm³/mol. The first-order valence-electron chi connectivity index (χ1n) is 4.53. The molecule has 3 heteroatoms. The molecule has 1 nitrogen and oxygen atoms in total. The van der Waals surface area contributed by atoms with E-state index in [-0.39, 0.29) is 0 Å². The molecule has 0 aliphatic rings. The standard InChI is InChI=1S/C12H10ClNS/c13-9-1-5-11(6-2-9)15-12-7-3-10(14)4-8-12/h1-8H,14H2. The van der Waals surface area contributed by atoms with Crippen molar-refractivity contribution in [1.82, 2.24) is 0 Å². The molecule has 0 aromatic heterocycles. The highest BCUT2D eigenvalue weighted by Crippen LogP contribution is 2.28. The van der Waals surface area contributed by atoms with Crippen LogP contribution in [0, 0.1) is 0 Å². The van der Waals surface area contributed by atoms with E-state index in [4.69, 9.17) is 17.3 Å². The quantitative estimate of drug-likeness (QED) is 0.794. The normalized spacial score (nSPS) is 10.2. The molecule has 0 saturated carbocycles. The summed E-state index contributed by atoms with van der Waals surface area (Å²) < 4.78 is 0. The Morgan fingerprint density at radius 3 is 1.80 bits per heavy atom. The average molecular weight is 236 g/mol. The lowest BCUT2D eigenvalue weighted by molar-refractivity contribution is 1.41. The van der Waals surface area contributed by atoms with Crippen molar-refractivity contribution in [2.45, 2.75) is 9.79 Å². The number of anilines is 1. The Bertz CT molecular complexity index is 393. The second-order valence-electron chi connectivity index (χ2n) is 3.13. The lowest BCUT2D eigenvalue weighted by Crippen LogP contribution is -1.82. The minimum Gasteiger partial charge on any atom is -0.399 e. The van der Waals surface area contributed by atoms with Crippen LogP contribution in [0.1, 0.15) is 0 Å². The van der Waals surface area contributed by atoms with E-state index in [2.05, 4.69) is 0 Å². The Morgan fingerprint density at radius 2 is 1.27 bits per heavy atom. The van der Waals surface area contributed by atoms with Crippen LogP contribution in [0.4, 0.5) is 5.69 Å². The Morgan fingerprint density at radius 1 is 0.800 bits per heavy atom. The molecule has 0 atom stereocenters. The lowest BCUT2D eigenvalue weighted by Gasteiger charge is -2.01. The molecule has 15 heavy (non-hydrogen) atoms. The summed E-state index contributed by atoms with van der Waals surface area (Å²) in [5.41, 5.74) is 6.40. The van der Waals surface area contributed by atoms with Crippen LogP contribution in [-0.4, -0.2) is 0 Å². The number of hydrogen-bond donors (Lipinski definition) is 1. The SMILES string of the molecule is Nc1ccc(Sc2ccc(Cl)cc2)cc1. The molecule has 2 aromatic carbocycles. The highest BCUT2D eigenvalue weighted by Gasteiger charge is 1.96. The van der Waals surface area contributed by atoms with Crippen molar-refractivity contribution in [1.29, 1.82) is 0 Å². The predicted octanol–water partition coefficient (Wildman–Crippen LogP) is 4.07. The topological polar surface area (TPSA) is 26.0 Å². The number of hydrogen-bond acceptors (Lipinski definition) is 2. The van der Waals surface area contributed by atoms with Gasteiger partial charge in [-0.25, -0.2) is 0 Å². The zero-order valence-corrected chi connectivity index (χ0v) is 9.55. The smallest absolute Gasteiger partial charge is 0.0406 e. The van der Waals surface area contributed by atoms with Crippen LogP contribution in [0.5, 0.6) is 0 Å². The molecule has 0 aliphatic heterocycles. The van der Waals surface area contributed by atoms with E-state index in [0.29, 0.717) is 0 Å². The number of benzene rings is 2. The fourth-order valence-corrected chi connectivity index (χ4v) is 2.12. The molecule has 0 heterocycles. The van der Waals surface area contributed by atoms with E-state index in [0.717, 1.165) is 10.7 Å². The molecule has 0 fully saturated rings. The molecule has 0 unspecified atom stereocenters. The lowest BCUT2D eigenvalue weighted by atomic mass is 10.3. The van der Waals surface area contributed by atoms with Crippen molar-refractivity contribution in [2.75, 3.05) is 5.73 Å². The van der Waals surface area contributed by atoms with Crippen molar-refractivity contribution in [3.05, 3.63) is 53.6 Å². The van der Waals surface area contributed by atoms with Crippen LogP contribution >= 0.6 is 23.4 Å². The van der Waals surface area contributed by atoms with Crippen LogP contribution in [0.25, 0.3) is 0 Å². The summed E-state index contributed by atoms with van der Waals surface area (Å²) in [6.07, 6.45) is 0. The largest absolute Gasteiger partial charge is 0.399 e. The first kappa shape index (κ1) is 10.4. The van der Waals surface area contributed by atoms with E-state index >= 15 is 0 Å². The molecule has 2 rings (SSSR count). The molecule has 0 saturated heterocycles. The Balaban J connectivity index is 2.15. The summed E-state index contributed by atoms with van der Waals surface area (Å²) in [6, 6.07) is 15.6. The molecule has 0 amide bonds. The summed E-state index contributed by atoms with van der Waals surface area (Å²) in [5, 5.41) is 0.761. The van der Waals surface area contributed by atoms with Crippen LogP contribution in [0.2, 0.25) is 5.02 Å².